The Balaban J connectivity index is 1.09. The first kappa shape index (κ1) is 36.3. The van der Waals surface area contributed by atoms with Crippen LogP contribution in [0.25, 0.3) is 16.8 Å². The van der Waals surface area contributed by atoms with Gasteiger partial charge in [-0.2, -0.15) is 0 Å². The molecule has 0 spiro atoms. The number of imide groups is 2. The molecule has 284 valence electrons. The third-order valence-corrected chi connectivity index (χ3v) is 11.5. The second-order valence-electron chi connectivity index (χ2n) is 14.6. The highest BCUT2D eigenvalue weighted by atomic mass is 35.5. The standard InChI is InChI=1S/C48H40ClN3O5/c1-2-56-43-26-30(25-42(49)45(43)57-29-34-18-11-17-31-16-9-10-19-36(31)34)24-41-46(53)50-48(55)52(47(41)54)35-27-39-37(32-12-5-3-6-13-32)20-22-51-23-21-38(40(28-35)44(39)51)33-14-7-4-8-15-33/h3-19,24-28,37-38H,2,20-23,29H2,1H3,(H,50,53,55)/b41-24+/t37-,38+. The van der Waals surface area contributed by atoms with E-state index in [1.54, 1.807) is 12.1 Å². The zero-order valence-electron chi connectivity index (χ0n) is 31.4. The van der Waals surface area contributed by atoms with Crippen LogP contribution in [-0.4, -0.2) is 37.5 Å². The van der Waals surface area contributed by atoms with Gasteiger partial charge in [-0.05, 0) is 94.3 Å². The molecule has 3 heterocycles. The second kappa shape index (κ2) is 15.3. The number of nitrogens with zero attached hydrogens (tertiary/aromatic N) is 2. The SMILES string of the molecule is CCOc1cc(/C=C2\C(=O)NC(=O)N(c3cc4c5c(c3)[C@H](c3ccccc3)CCN5CC[C@@H]4c3ccccc3)C2=O)cc(Cl)c1OCc1cccc2ccccc12. The van der Waals surface area contributed by atoms with Crippen molar-refractivity contribution in [1.29, 1.82) is 0 Å². The number of nitrogens with one attached hydrogen (secondary N) is 1. The lowest BCUT2D eigenvalue weighted by molar-refractivity contribution is -0.122. The van der Waals surface area contributed by atoms with Gasteiger partial charge in [-0.15, -0.1) is 0 Å². The van der Waals surface area contributed by atoms with Crippen LogP contribution >= 0.6 is 11.6 Å². The minimum absolute atomic E-state index is 0.0609. The zero-order chi connectivity index (χ0) is 39.0. The summed E-state index contributed by atoms with van der Waals surface area (Å²) in [6, 6.07) is 41.3. The van der Waals surface area contributed by atoms with Crippen molar-refractivity contribution in [2.24, 2.45) is 0 Å². The molecule has 0 aliphatic carbocycles. The van der Waals surface area contributed by atoms with Crippen molar-refractivity contribution in [2.45, 2.75) is 38.2 Å². The number of fused-ring (bicyclic) bond motifs is 1. The van der Waals surface area contributed by atoms with E-state index in [1.807, 2.05) is 85.8 Å². The Morgan fingerprint density at radius 3 is 2.05 bits per heavy atom. The van der Waals surface area contributed by atoms with Crippen LogP contribution in [0.4, 0.5) is 16.2 Å². The number of benzene rings is 6. The highest BCUT2D eigenvalue weighted by Crippen LogP contribution is 2.50. The Bertz CT molecular complexity index is 2500. The number of carbonyl (C=O) groups excluding carboxylic acids is 3. The summed E-state index contributed by atoms with van der Waals surface area (Å²) < 4.78 is 12.2. The molecule has 8 nitrogen and oxygen atoms in total. The van der Waals surface area contributed by atoms with Crippen molar-refractivity contribution in [2.75, 3.05) is 29.5 Å². The van der Waals surface area contributed by atoms with Crippen LogP contribution in [0, 0.1) is 0 Å². The molecule has 0 aromatic heterocycles. The van der Waals surface area contributed by atoms with Crippen LogP contribution in [0.1, 0.15) is 65.0 Å². The van der Waals surface area contributed by atoms with E-state index < -0.39 is 17.8 Å². The summed E-state index contributed by atoms with van der Waals surface area (Å²) in [4.78, 5) is 45.3. The Hall–Kier alpha value is -6.38. The van der Waals surface area contributed by atoms with Gasteiger partial charge in [0.05, 0.1) is 17.3 Å². The molecule has 4 amide bonds. The minimum atomic E-state index is -0.796. The first-order chi connectivity index (χ1) is 27.9. The van der Waals surface area contributed by atoms with E-state index in [4.69, 9.17) is 21.1 Å². The molecule has 6 aromatic carbocycles. The normalized spacial score (nSPS) is 18.4. The number of halogens is 1. The number of ether oxygens (including phenoxy) is 2. The second-order valence-corrected chi connectivity index (χ2v) is 15.0. The molecule has 3 aliphatic rings. The van der Waals surface area contributed by atoms with Crippen LogP contribution in [0.3, 0.4) is 0 Å². The van der Waals surface area contributed by atoms with Gasteiger partial charge < -0.3 is 14.4 Å². The molecular formula is C48H40ClN3O5. The van der Waals surface area contributed by atoms with E-state index in [2.05, 4.69) is 46.6 Å². The molecule has 1 N–H and O–H groups in total. The predicted octanol–water partition coefficient (Wildman–Crippen LogP) is 10.0. The van der Waals surface area contributed by atoms with Gasteiger partial charge in [0.15, 0.2) is 11.5 Å². The number of barbiturate groups is 1. The molecule has 9 heteroatoms. The largest absolute Gasteiger partial charge is 0.490 e. The third-order valence-electron chi connectivity index (χ3n) is 11.3. The first-order valence-electron chi connectivity index (χ1n) is 19.4. The molecule has 0 bridgehead atoms. The van der Waals surface area contributed by atoms with E-state index >= 15 is 0 Å². The van der Waals surface area contributed by atoms with Crippen LogP contribution < -0.4 is 24.6 Å². The van der Waals surface area contributed by atoms with Gasteiger partial charge in [-0.3, -0.25) is 14.9 Å². The van der Waals surface area contributed by atoms with Crippen LogP contribution in [-0.2, 0) is 16.2 Å². The number of rotatable bonds is 9. The lowest BCUT2D eigenvalue weighted by atomic mass is 9.76. The zero-order valence-corrected chi connectivity index (χ0v) is 32.2. The molecule has 2 atom stereocenters. The van der Waals surface area contributed by atoms with Crippen molar-refractivity contribution in [3.63, 3.8) is 0 Å². The molecule has 0 unspecified atom stereocenters. The van der Waals surface area contributed by atoms with Gasteiger partial charge in [-0.25, -0.2) is 9.69 Å². The lowest BCUT2D eigenvalue weighted by Crippen LogP contribution is -2.54. The molecule has 9 rings (SSSR count). The molecule has 1 saturated heterocycles. The number of hydrogen-bond acceptors (Lipinski definition) is 6. The summed E-state index contributed by atoms with van der Waals surface area (Å²) >= 11 is 6.85. The molecular weight excluding hydrogens is 734 g/mol. The van der Waals surface area contributed by atoms with Crippen LogP contribution in [0.2, 0.25) is 5.02 Å². The predicted molar refractivity (Wildman–Crippen MR) is 224 cm³/mol. The maximum absolute atomic E-state index is 14.5. The van der Waals surface area contributed by atoms with Crippen molar-refractivity contribution in [1.82, 2.24) is 5.32 Å². The van der Waals surface area contributed by atoms with Gasteiger partial charge in [0.25, 0.3) is 11.8 Å². The molecule has 0 radical (unpaired) electrons. The Morgan fingerprint density at radius 1 is 0.754 bits per heavy atom. The third kappa shape index (κ3) is 6.80. The fraction of sp³-hybridized carbons (Fsp3) is 0.188. The van der Waals surface area contributed by atoms with E-state index in [0.717, 1.165) is 64.0 Å². The number of hydrogen-bond donors (Lipinski definition) is 1. The molecule has 57 heavy (non-hydrogen) atoms. The van der Waals surface area contributed by atoms with Crippen LogP contribution in [0.15, 0.2) is 133 Å². The minimum Gasteiger partial charge on any atom is -0.490 e. The van der Waals surface area contributed by atoms with E-state index in [0.29, 0.717) is 29.4 Å². The Morgan fingerprint density at radius 2 is 1.39 bits per heavy atom. The Kier molecular flexibility index (Phi) is 9.72. The molecule has 6 aromatic rings. The number of carbonyl (C=O) groups is 3. The summed E-state index contributed by atoms with van der Waals surface area (Å²) in [5.74, 6) is -0.677. The van der Waals surface area contributed by atoms with E-state index in [-0.39, 0.29) is 29.0 Å². The van der Waals surface area contributed by atoms with Gasteiger partial charge in [0.2, 0.25) is 0 Å². The smallest absolute Gasteiger partial charge is 0.335 e. The average Bonchev–Trinajstić information content (AvgIpc) is 3.23. The van der Waals surface area contributed by atoms with Gasteiger partial charge >= 0.3 is 6.03 Å². The van der Waals surface area contributed by atoms with Crippen molar-refractivity contribution >= 4 is 57.7 Å². The summed E-state index contributed by atoms with van der Waals surface area (Å²) in [5.41, 5.74) is 7.29. The fourth-order valence-electron chi connectivity index (χ4n) is 8.67. The van der Waals surface area contributed by atoms with E-state index in [1.165, 1.54) is 17.2 Å². The summed E-state index contributed by atoms with van der Waals surface area (Å²) in [5, 5.41) is 4.86. The maximum atomic E-state index is 14.5. The highest BCUT2D eigenvalue weighted by molar-refractivity contribution is 6.39. The van der Waals surface area contributed by atoms with Crippen molar-refractivity contribution in [3.8, 4) is 11.5 Å². The molecule has 0 saturated carbocycles. The quantitative estimate of drug-likeness (QED) is 0.116. The summed E-state index contributed by atoms with van der Waals surface area (Å²) in [7, 11) is 0. The number of anilines is 2. The number of urea groups is 1. The van der Waals surface area contributed by atoms with Gasteiger partial charge in [0.1, 0.15) is 12.2 Å². The van der Waals surface area contributed by atoms with Crippen LogP contribution in [0.5, 0.6) is 11.5 Å². The molecule has 3 aliphatic heterocycles. The average molecular weight is 774 g/mol. The van der Waals surface area contributed by atoms with Crippen molar-refractivity contribution in [3.05, 3.63) is 171 Å². The number of amides is 4. The van der Waals surface area contributed by atoms with Gasteiger partial charge in [0, 0.05) is 30.6 Å². The Labute approximate surface area is 336 Å². The van der Waals surface area contributed by atoms with Gasteiger partial charge in [-0.1, -0.05) is 115 Å². The lowest BCUT2D eigenvalue weighted by Gasteiger charge is -2.44. The summed E-state index contributed by atoms with van der Waals surface area (Å²) in [6.45, 7) is 4.24. The van der Waals surface area contributed by atoms with Crippen molar-refractivity contribution < 1.29 is 23.9 Å². The molecule has 1 fully saturated rings. The maximum Gasteiger partial charge on any atom is 0.335 e. The first-order valence-corrected chi connectivity index (χ1v) is 19.8. The topological polar surface area (TPSA) is 88.2 Å². The summed E-state index contributed by atoms with van der Waals surface area (Å²) in [6.07, 6.45) is 3.23. The van der Waals surface area contributed by atoms with E-state index in [9.17, 15) is 14.4 Å². The fourth-order valence-corrected chi connectivity index (χ4v) is 8.94. The highest BCUT2D eigenvalue weighted by Gasteiger charge is 2.40. The monoisotopic (exact) mass is 773 g/mol.